The van der Waals surface area contributed by atoms with Gasteiger partial charge in [-0.25, -0.2) is 4.98 Å². The van der Waals surface area contributed by atoms with Gasteiger partial charge in [0, 0.05) is 28.8 Å². The van der Waals surface area contributed by atoms with Gasteiger partial charge in [-0.2, -0.15) is 0 Å². The molecule has 0 radical (unpaired) electrons. The molecule has 0 aromatic carbocycles. The molecule has 0 bridgehead atoms. The van der Waals surface area contributed by atoms with Gasteiger partial charge in [0.1, 0.15) is 0 Å². The molecule has 7 heteroatoms. The van der Waals surface area contributed by atoms with Crippen LogP contribution in [0.15, 0.2) is 36.8 Å². The van der Waals surface area contributed by atoms with Crippen molar-refractivity contribution in [1.82, 2.24) is 15.3 Å². The lowest BCUT2D eigenvalue weighted by molar-refractivity contribution is -0.121. The van der Waals surface area contributed by atoms with Crippen molar-refractivity contribution >= 4 is 34.9 Å². The van der Waals surface area contributed by atoms with Gasteiger partial charge in [0.15, 0.2) is 0 Å². The molecule has 2 rings (SSSR count). The van der Waals surface area contributed by atoms with E-state index in [4.69, 9.17) is 0 Å². The van der Waals surface area contributed by atoms with Gasteiger partial charge in [0.05, 0.1) is 23.4 Å². The Morgan fingerprint density at radius 3 is 2.71 bits per heavy atom. The third-order valence-corrected chi connectivity index (χ3v) is 4.32. The molecule has 2 N–H and O–H groups in total. The number of hydrogen-bond acceptors (Lipinski definition) is 5. The summed E-state index contributed by atoms with van der Waals surface area (Å²) in [6, 6.07) is 3.45. The summed E-state index contributed by atoms with van der Waals surface area (Å²) in [5.74, 6) is -0.639. The van der Waals surface area contributed by atoms with Gasteiger partial charge in [-0.3, -0.25) is 14.6 Å². The number of carbonyl (C=O) groups excluding carboxylic acids is 2. The fourth-order valence-electron chi connectivity index (χ4n) is 1.74. The molecule has 24 heavy (non-hydrogen) atoms. The highest BCUT2D eigenvalue weighted by Gasteiger charge is 2.17. The second kappa shape index (κ2) is 7.83. The van der Waals surface area contributed by atoms with Crippen LogP contribution < -0.4 is 10.6 Å². The Morgan fingerprint density at radius 2 is 2.08 bits per heavy atom. The van der Waals surface area contributed by atoms with E-state index in [-0.39, 0.29) is 23.8 Å². The first-order chi connectivity index (χ1) is 11.3. The highest BCUT2D eigenvalue weighted by Crippen LogP contribution is 2.27. The number of pyridine rings is 1. The van der Waals surface area contributed by atoms with Gasteiger partial charge in [0.25, 0.3) is 0 Å². The highest BCUT2D eigenvalue weighted by atomic mass is 32.1. The number of hydrogen-bond donors (Lipinski definition) is 2. The lowest BCUT2D eigenvalue weighted by Crippen LogP contribution is -2.31. The van der Waals surface area contributed by atoms with E-state index in [1.807, 2.05) is 0 Å². The van der Waals surface area contributed by atoms with Gasteiger partial charge < -0.3 is 10.6 Å². The molecule has 0 spiro atoms. The smallest absolute Gasteiger partial charge is 0.244 e. The molecular formula is C17H20N4O2S. The maximum absolute atomic E-state index is 11.8. The Balaban J connectivity index is 1.80. The number of amides is 2. The number of thiazole rings is 1. The molecule has 2 aromatic heterocycles. The van der Waals surface area contributed by atoms with Crippen molar-refractivity contribution in [3.05, 3.63) is 46.7 Å². The first-order valence-corrected chi connectivity index (χ1v) is 8.28. The molecule has 126 valence electrons. The summed E-state index contributed by atoms with van der Waals surface area (Å²) in [6.45, 7) is 6.17. The zero-order chi connectivity index (χ0) is 17.6. The van der Waals surface area contributed by atoms with Crippen molar-refractivity contribution in [3.8, 4) is 0 Å². The second-order valence-corrected chi connectivity index (χ2v) is 7.22. The largest absolute Gasteiger partial charge is 0.343 e. The molecule has 0 aliphatic heterocycles. The fourth-order valence-corrected chi connectivity index (χ4v) is 2.61. The summed E-state index contributed by atoms with van der Waals surface area (Å²) >= 11 is 1.54. The van der Waals surface area contributed by atoms with Crippen LogP contribution in [0.5, 0.6) is 0 Å². The number of aromatic nitrogens is 2. The lowest BCUT2D eigenvalue weighted by Gasteiger charge is -2.13. The number of nitrogens with zero attached hydrogens (tertiary/aromatic N) is 2. The third kappa shape index (κ3) is 5.58. The van der Waals surface area contributed by atoms with Crippen molar-refractivity contribution in [2.24, 2.45) is 0 Å². The van der Waals surface area contributed by atoms with Crippen molar-refractivity contribution < 1.29 is 9.59 Å². The summed E-state index contributed by atoms with van der Waals surface area (Å²) in [7, 11) is 0. The van der Waals surface area contributed by atoms with Crippen LogP contribution in [0.4, 0.5) is 5.69 Å². The Morgan fingerprint density at radius 1 is 1.29 bits per heavy atom. The van der Waals surface area contributed by atoms with Crippen molar-refractivity contribution in [3.63, 3.8) is 0 Å². The summed E-state index contributed by atoms with van der Waals surface area (Å²) in [6.07, 6.45) is 7.99. The summed E-state index contributed by atoms with van der Waals surface area (Å²) in [4.78, 5) is 32.6. The summed E-state index contributed by atoms with van der Waals surface area (Å²) < 4.78 is 0. The van der Waals surface area contributed by atoms with Crippen molar-refractivity contribution in [2.45, 2.75) is 26.2 Å². The van der Waals surface area contributed by atoms with E-state index in [1.54, 1.807) is 41.9 Å². The molecule has 2 heterocycles. The molecule has 0 fully saturated rings. The van der Waals surface area contributed by atoms with E-state index in [0.29, 0.717) is 5.69 Å². The third-order valence-electron chi connectivity index (χ3n) is 2.93. The average molecular weight is 344 g/mol. The SMILES string of the molecule is CC(C)(C)c1ncc(/C=C\C(=O)NCC(=O)Nc2cccnc2)s1. The lowest BCUT2D eigenvalue weighted by atomic mass is 9.98. The van der Waals surface area contributed by atoms with E-state index < -0.39 is 0 Å². The first kappa shape index (κ1) is 17.8. The second-order valence-electron chi connectivity index (χ2n) is 6.16. The number of anilines is 1. The monoisotopic (exact) mass is 344 g/mol. The van der Waals surface area contributed by atoms with Gasteiger partial charge in [-0.1, -0.05) is 20.8 Å². The van der Waals surface area contributed by atoms with Crippen LogP contribution >= 0.6 is 11.3 Å². The molecule has 0 unspecified atom stereocenters. The fraction of sp³-hybridized carbons (Fsp3) is 0.294. The maximum atomic E-state index is 11.8. The van der Waals surface area contributed by atoms with Gasteiger partial charge in [0.2, 0.25) is 11.8 Å². The predicted octanol–water partition coefficient (Wildman–Crippen LogP) is 2.60. The van der Waals surface area contributed by atoms with Crippen LogP contribution in [-0.2, 0) is 15.0 Å². The van der Waals surface area contributed by atoms with Gasteiger partial charge >= 0.3 is 0 Å². The Labute approximate surface area is 145 Å². The molecule has 0 aliphatic carbocycles. The average Bonchev–Trinajstić information content (AvgIpc) is 3.01. The molecule has 0 saturated carbocycles. The number of carbonyl (C=O) groups is 2. The molecule has 6 nitrogen and oxygen atoms in total. The van der Waals surface area contributed by atoms with E-state index in [1.165, 1.54) is 12.3 Å². The van der Waals surface area contributed by atoms with Gasteiger partial charge in [-0.05, 0) is 18.2 Å². The number of rotatable bonds is 5. The Kier molecular flexibility index (Phi) is 5.81. The van der Waals surface area contributed by atoms with E-state index in [2.05, 4.69) is 41.4 Å². The van der Waals surface area contributed by atoms with Crippen molar-refractivity contribution in [1.29, 1.82) is 0 Å². The minimum Gasteiger partial charge on any atom is -0.343 e. The van der Waals surface area contributed by atoms with Crippen LogP contribution in [0.2, 0.25) is 0 Å². The van der Waals surface area contributed by atoms with Crippen LogP contribution in [0, 0.1) is 0 Å². The molecule has 0 aliphatic rings. The van der Waals surface area contributed by atoms with Gasteiger partial charge in [-0.15, -0.1) is 11.3 Å². The molecular weight excluding hydrogens is 324 g/mol. The van der Waals surface area contributed by atoms with E-state index >= 15 is 0 Å². The van der Waals surface area contributed by atoms with Crippen LogP contribution in [0.3, 0.4) is 0 Å². The Hall–Kier alpha value is -2.54. The van der Waals surface area contributed by atoms with Crippen molar-refractivity contribution in [2.75, 3.05) is 11.9 Å². The minimum atomic E-state index is -0.331. The molecule has 0 saturated heterocycles. The minimum absolute atomic E-state index is 0.0105. The standard InChI is InChI=1S/C17H20N4O2S/c1-17(2,3)16-20-10-13(24-16)6-7-14(22)19-11-15(23)21-12-5-4-8-18-9-12/h4-10H,11H2,1-3H3,(H,19,22)(H,21,23)/b7-6-. The topological polar surface area (TPSA) is 84.0 Å². The quantitative estimate of drug-likeness (QED) is 0.817. The van der Waals surface area contributed by atoms with E-state index in [0.717, 1.165) is 9.88 Å². The zero-order valence-corrected chi connectivity index (χ0v) is 14.7. The number of nitrogens with one attached hydrogen (secondary N) is 2. The summed E-state index contributed by atoms with van der Waals surface area (Å²) in [5.41, 5.74) is 0.579. The Bertz CT molecular complexity index is 733. The molecule has 0 atom stereocenters. The summed E-state index contributed by atoms with van der Waals surface area (Å²) in [5, 5.41) is 6.19. The van der Waals surface area contributed by atoms with Crippen LogP contribution in [0.1, 0.15) is 30.7 Å². The molecule has 2 aromatic rings. The highest BCUT2D eigenvalue weighted by molar-refractivity contribution is 7.12. The van der Waals surface area contributed by atoms with E-state index in [9.17, 15) is 9.59 Å². The molecule has 2 amide bonds. The normalized spacial score (nSPS) is 11.5. The zero-order valence-electron chi connectivity index (χ0n) is 13.9. The maximum Gasteiger partial charge on any atom is 0.244 e. The first-order valence-electron chi connectivity index (χ1n) is 7.47. The van der Waals surface area contributed by atoms with Crippen LogP contribution in [0.25, 0.3) is 6.08 Å². The predicted molar refractivity (Wildman–Crippen MR) is 95.7 cm³/mol. The van der Waals surface area contributed by atoms with Crippen LogP contribution in [-0.4, -0.2) is 28.3 Å².